The molecule has 0 spiro atoms. The summed E-state index contributed by atoms with van der Waals surface area (Å²) < 4.78 is 0. The van der Waals surface area contributed by atoms with E-state index in [0.717, 1.165) is 23.3 Å². The van der Waals surface area contributed by atoms with Crippen molar-refractivity contribution in [1.29, 1.82) is 0 Å². The number of H-pyrrole nitrogens is 1. The van der Waals surface area contributed by atoms with Crippen LogP contribution in [0.25, 0.3) is 11.0 Å². The highest BCUT2D eigenvalue weighted by atomic mass is 16.1. The Labute approximate surface area is 94.1 Å². The summed E-state index contributed by atoms with van der Waals surface area (Å²) in [5.74, 6) is 0.937. The Bertz CT molecular complexity index is 516. The minimum absolute atomic E-state index is 0.0125. The maximum absolute atomic E-state index is 10.7. The molecule has 1 amide bonds. The van der Waals surface area contributed by atoms with E-state index < -0.39 is 0 Å². The lowest BCUT2D eigenvalue weighted by molar-refractivity contribution is -0.118. The quantitative estimate of drug-likeness (QED) is 0.819. The Morgan fingerprint density at radius 1 is 1.50 bits per heavy atom. The van der Waals surface area contributed by atoms with Crippen molar-refractivity contribution in [2.24, 2.45) is 0 Å². The van der Waals surface area contributed by atoms with Crippen LogP contribution in [0.15, 0.2) is 18.2 Å². The number of fused-ring (bicyclic) bond motifs is 1. The van der Waals surface area contributed by atoms with Gasteiger partial charge in [0.2, 0.25) is 5.91 Å². The molecule has 0 bridgehead atoms. The number of carbonyl (C=O) groups is 1. The molecule has 0 aliphatic carbocycles. The fourth-order valence-corrected chi connectivity index (χ4v) is 1.72. The highest BCUT2D eigenvalue weighted by molar-refractivity contribution is 5.76. The number of aryl methyl sites for hydroxylation is 1. The number of benzene rings is 1. The lowest BCUT2D eigenvalue weighted by Gasteiger charge is -2.02. The number of aromatic amines is 1. The van der Waals surface area contributed by atoms with Crippen LogP contribution in [0.3, 0.4) is 0 Å². The molecule has 0 aliphatic rings. The average molecular weight is 217 g/mol. The van der Waals surface area contributed by atoms with Gasteiger partial charge in [0, 0.05) is 13.5 Å². The summed E-state index contributed by atoms with van der Waals surface area (Å²) in [6.07, 6.45) is 0.841. The molecule has 0 fully saturated rings. The smallest absolute Gasteiger partial charge is 0.216 e. The Hall–Kier alpha value is -1.84. The standard InChI is InChI=1S/C12H15N3O/c1-8-14-11-4-3-10(7-12(11)15-8)5-6-13-9(2)16/h3-4,7H,5-6H2,1-2H3,(H,13,16)(H,14,15). The summed E-state index contributed by atoms with van der Waals surface area (Å²) in [6.45, 7) is 4.15. The Balaban J connectivity index is 2.10. The molecule has 1 heterocycles. The summed E-state index contributed by atoms with van der Waals surface area (Å²) >= 11 is 0. The fourth-order valence-electron chi connectivity index (χ4n) is 1.72. The van der Waals surface area contributed by atoms with E-state index in [9.17, 15) is 4.79 Å². The van der Waals surface area contributed by atoms with Gasteiger partial charge in [0.25, 0.3) is 0 Å². The maximum Gasteiger partial charge on any atom is 0.216 e. The SMILES string of the molecule is CC(=O)NCCc1ccc2nc(C)[nH]c2c1. The first-order chi connectivity index (χ1) is 7.65. The highest BCUT2D eigenvalue weighted by Crippen LogP contribution is 2.13. The molecule has 1 aromatic heterocycles. The molecule has 2 N–H and O–H groups in total. The largest absolute Gasteiger partial charge is 0.356 e. The van der Waals surface area contributed by atoms with E-state index in [1.165, 1.54) is 12.5 Å². The third-order valence-electron chi connectivity index (χ3n) is 2.45. The summed E-state index contributed by atoms with van der Waals surface area (Å²) in [6, 6.07) is 6.13. The molecule has 4 nitrogen and oxygen atoms in total. The number of aromatic nitrogens is 2. The molecule has 0 atom stereocenters. The summed E-state index contributed by atoms with van der Waals surface area (Å²) in [5.41, 5.74) is 3.24. The minimum atomic E-state index is 0.0125. The van der Waals surface area contributed by atoms with Gasteiger partial charge in [0.05, 0.1) is 11.0 Å². The molecule has 0 saturated heterocycles. The third kappa shape index (κ3) is 2.39. The molecule has 0 unspecified atom stereocenters. The van der Waals surface area contributed by atoms with Crippen molar-refractivity contribution in [1.82, 2.24) is 15.3 Å². The van der Waals surface area contributed by atoms with Crippen LogP contribution in [0.5, 0.6) is 0 Å². The first-order valence-corrected chi connectivity index (χ1v) is 5.35. The molecular weight excluding hydrogens is 202 g/mol. The van der Waals surface area contributed by atoms with Crippen molar-refractivity contribution in [3.63, 3.8) is 0 Å². The number of rotatable bonds is 3. The number of hydrogen-bond donors (Lipinski definition) is 2. The molecule has 1 aromatic carbocycles. The van der Waals surface area contributed by atoms with Crippen LogP contribution in [-0.4, -0.2) is 22.4 Å². The number of amides is 1. The predicted molar refractivity (Wildman–Crippen MR) is 63.2 cm³/mol. The highest BCUT2D eigenvalue weighted by Gasteiger charge is 2.01. The van der Waals surface area contributed by atoms with Gasteiger partial charge in [-0.25, -0.2) is 4.98 Å². The van der Waals surface area contributed by atoms with Crippen molar-refractivity contribution in [2.45, 2.75) is 20.3 Å². The molecule has 4 heteroatoms. The van der Waals surface area contributed by atoms with Gasteiger partial charge >= 0.3 is 0 Å². The van der Waals surface area contributed by atoms with Crippen molar-refractivity contribution in [2.75, 3.05) is 6.54 Å². The zero-order valence-corrected chi connectivity index (χ0v) is 9.50. The van der Waals surface area contributed by atoms with Gasteiger partial charge < -0.3 is 10.3 Å². The van der Waals surface area contributed by atoms with E-state index in [1.807, 2.05) is 19.1 Å². The van der Waals surface area contributed by atoms with Gasteiger partial charge in [-0.15, -0.1) is 0 Å². The molecule has 2 rings (SSSR count). The van der Waals surface area contributed by atoms with Crippen molar-refractivity contribution in [3.8, 4) is 0 Å². The van der Waals surface area contributed by atoms with Gasteiger partial charge in [0.15, 0.2) is 0 Å². The average Bonchev–Trinajstić information content (AvgIpc) is 2.56. The van der Waals surface area contributed by atoms with Crippen LogP contribution in [0, 0.1) is 6.92 Å². The predicted octanol–water partition coefficient (Wildman–Crippen LogP) is 1.55. The fraction of sp³-hybridized carbons (Fsp3) is 0.333. The van der Waals surface area contributed by atoms with E-state index in [0.29, 0.717) is 6.54 Å². The normalized spacial score (nSPS) is 10.6. The molecule has 2 aromatic rings. The second-order valence-electron chi connectivity index (χ2n) is 3.91. The number of hydrogen-bond acceptors (Lipinski definition) is 2. The first kappa shape index (κ1) is 10.7. The van der Waals surface area contributed by atoms with Crippen LogP contribution in [0.4, 0.5) is 0 Å². The van der Waals surface area contributed by atoms with Crippen molar-refractivity contribution in [3.05, 3.63) is 29.6 Å². The van der Waals surface area contributed by atoms with Crippen LogP contribution in [0.2, 0.25) is 0 Å². The Morgan fingerprint density at radius 2 is 2.31 bits per heavy atom. The van der Waals surface area contributed by atoms with Crippen molar-refractivity contribution >= 4 is 16.9 Å². The third-order valence-corrected chi connectivity index (χ3v) is 2.45. The molecular formula is C12H15N3O. The zero-order chi connectivity index (χ0) is 11.5. The van der Waals surface area contributed by atoms with Gasteiger partial charge in [-0.3, -0.25) is 4.79 Å². The van der Waals surface area contributed by atoms with E-state index >= 15 is 0 Å². The van der Waals surface area contributed by atoms with Crippen LogP contribution in [-0.2, 0) is 11.2 Å². The summed E-state index contributed by atoms with van der Waals surface area (Å²) in [5, 5.41) is 2.78. The van der Waals surface area contributed by atoms with Gasteiger partial charge in [-0.1, -0.05) is 6.07 Å². The van der Waals surface area contributed by atoms with E-state index in [4.69, 9.17) is 0 Å². The molecule has 16 heavy (non-hydrogen) atoms. The summed E-state index contributed by atoms with van der Waals surface area (Å²) in [4.78, 5) is 18.3. The zero-order valence-electron chi connectivity index (χ0n) is 9.50. The van der Waals surface area contributed by atoms with E-state index in [2.05, 4.69) is 21.4 Å². The Kier molecular flexibility index (Phi) is 2.90. The summed E-state index contributed by atoms with van der Waals surface area (Å²) in [7, 11) is 0. The maximum atomic E-state index is 10.7. The van der Waals surface area contributed by atoms with E-state index in [-0.39, 0.29) is 5.91 Å². The van der Waals surface area contributed by atoms with E-state index in [1.54, 1.807) is 0 Å². The Morgan fingerprint density at radius 3 is 3.06 bits per heavy atom. The number of carbonyl (C=O) groups excluding carboxylic acids is 1. The number of nitrogens with one attached hydrogen (secondary N) is 2. The molecule has 0 radical (unpaired) electrons. The van der Waals surface area contributed by atoms with Gasteiger partial charge in [-0.2, -0.15) is 0 Å². The number of nitrogens with zero attached hydrogens (tertiary/aromatic N) is 1. The molecule has 0 saturated carbocycles. The lowest BCUT2D eigenvalue weighted by Crippen LogP contribution is -2.22. The van der Waals surface area contributed by atoms with Gasteiger partial charge in [-0.05, 0) is 31.0 Å². The number of imidazole rings is 1. The van der Waals surface area contributed by atoms with Crippen molar-refractivity contribution < 1.29 is 4.79 Å². The lowest BCUT2D eigenvalue weighted by atomic mass is 10.1. The monoisotopic (exact) mass is 217 g/mol. The van der Waals surface area contributed by atoms with Crippen LogP contribution in [0.1, 0.15) is 18.3 Å². The van der Waals surface area contributed by atoms with Crippen LogP contribution < -0.4 is 5.32 Å². The minimum Gasteiger partial charge on any atom is -0.356 e. The second-order valence-corrected chi connectivity index (χ2v) is 3.91. The van der Waals surface area contributed by atoms with Crippen LogP contribution >= 0.6 is 0 Å². The second kappa shape index (κ2) is 4.35. The van der Waals surface area contributed by atoms with Gasteiger partial charge in [0.1, 0.15) is 5.82 Å². The molecule has 0 aliphatic heterocycles. The topological polar surface area (TPSA) is 57.8 Å². The molecule has 84 valence electrons. The first-order valence-electron chi connectivity index (χ1n) is 5.35.